The number of ether oxygens (including phenoxy) is 3. The molecule has 0 aromatic carbocycles. The van der Waals surface area contributed by atoms with E-state index >= 15 is 0 Å². The number of thiophene rings is 1. The molecule has 0 aliphatic carbocycles. The Morgan fingerprint density at radius 3 is 2.74 bits per heavy atom. The summed E-state index contributed by atoms with van der Waals surface area (Å²) in [5, 5.41) is 9.07. The lowest BCUT2D eigenvalue weighted by Crippen LogP contribution is -2.07. The van der Waals surface area contributed by atoms with Crippen molar-refractivity contribution in [3.63, 3.8) is 0 Å². The van der Waals surface area contributed by atoms with Crippen LogP contribution in [0, 0.1) is 0 Å². The van der Waals surface area contributed by atoms with Gasteiger partial charge in [-0.2, -0.15) is 0 Å². The fourth-order valence-corrected chi connectivity index (χ4v) is 2.32. The normalized spacial score (nSPS) is 10.6. The SMILES string of the molecule is CCc1cc(OCCCOCCOC)c(C(=O)O)s1. The van der Waals surface area contributed by atoms with Crippen LogP contribution in [0.2, 0.25) is 0 Å². The zero-order valence-corrected chi connectivity index (χ0v) is 12.1. The molecule has 0 saturated heterocycles. The molecule has 19 heavy (non-hydrogen) atoms. The first-order valence-electron chi connectivity index (χ1n) is 6.24. The quantitative estimate of drug-likeness (QED) is 0.670. The fourth-order valence-electron chi connectivity index (χ4n) is 1.44. The van der Waals surface area contributed by atoms with Crippen molar-refractivity contribution in [1.29, 1.82) is 0 Å². The van der Waals surface area contributed by atoms with Crippen molar-refractivity contribution in [3.05, 3.63) is 15.8 Å². The lowest BCUT2D eigenvalue weighted by molar-refractivity contribution is 0.0639. The van der Waals surface area contributed by atoms with Crippen LogP contribution in [0.4, 0.5) is 0 Å². The number of aryl methyl sites for hydroxylation is 1. The van der Waals surface area contributed by atoms with E-state index in [4.69, 9.17) is 19.3 Å². The number of aromatic carboxylic acids is 1. The van der Waals surface area contributed by atoms with Crippen LogP contribution >= 0.6 is 11.3 Å². The Balaban J connectivity index is 2.32. The molecule has 6 heteroatoms. The molecular formula is C13H20O5S. The Bertz CT molecular complexity index is 388. The lowest BCUT2D eigenvalue weighted by Gasteiger charge is -2.06. The summed E-state index contributed by atoms with van der Waals surface area (Å²) in [5.41, 5.74) is 0. The highest BCUT2D eigenvalue weighted by atomic mass is 32.1. The van der Waals surface area contributed by atoms with Gasteiger partial charge < -0.3 is 19.3 Å². The summed E-state index contributed by atoms with van der Waals surface area (Å²) in [6, 6.07) is 1.81. The number of hydrogen-bond acceptors (Lipinski definition) is 5. The van der Waals surface area contributed by atoms with E-state index in [2.05, 4.69) is 0 Å². The average molecular weight is 288 g/mol. The fraction of sp³-hybridized carbons (Fsp3) is 0.615. The van der Waals surface area contributed by atoms with Gasteiger partial charge in [-0.25, -0.2) is 4.79 Å². The topological polar surface area (TPSA) is 65.0 Å². The van der Waals surface area contributed by atoms with Crippen molar-refractivity contribution in [3.8, 4) is 5.75 Å². The number of methoxy groups -OCH3 is 1. The van der Waals surface area contributed by atoms with Gasteiger partial charge in [-0.3, -0.25) is 0 Å². The Hall–Kier alpha value is -1.11. The molecule has 1 aromatic rings. The molecule has 0 saturated carbocycles. The predicted molar refractivity (Wildman–Crippen MR) is 73.5 cm³/mol. The molecule has 5 nitrogen and oxygen atoms in total. The smallest absolute Gasteiger partial charge is 0.349 e. The van der Waals surface area contributed by atoms with Gasteiger partial charge in [-0.1, -0.05) is 6.92 Å². The second kappa shape index (κ2) is 8.90. The van der Waals surface area contributed by atoms with E-state index < -0.39 is 5.97 Å². The van der Waals surface area contributed by atoms with Gasteiger partial charge in [-0.05, 0) is 12.5 Å². The number of carbonyl (C=O) groups is 1. The maximum atomic E-state index is 11.0. The van der Waals surface area contributed by atoms with E-state index in [1.54, 1.807) is 13.2 Å². The number of rotatable bonds is 10. The number of carboxylic acid groups (broad SMARTS) is 1. The highest BCUT2D eigenvalue weighted by molar-refractivity contribution is 7.14. The molecule has 0 unspecified atom stereocenters. The Labute approximate surface area is 117 Å². The molecule has 108 valence electrons. The van der Waals surface area contributed by atoms with E-state index in [-0.39, 0.29) is 4.88 Å². The maximum Gasteiger partial charge on any atom is 0.349 e. The zero-order chi connectivity index (χ0) is 14.1. The monoisotopic (exact) mass is 288 g/mol. The summed E-state index contributed by atoms with van der Waals surface area (Å²) in [7, 11) is 1.63. The van der Waals surface area contributed by atoms with Crippen LogP contribution in [0.15, 0.2) is 6.07 Å². The first-order valence-corrected chi connectivity index (χ1v) is 7.06. The summed E-state index contributed by atoms with van der Waals surface area (Å²) < 4.78 is 15.7. The van der Waals surface area contributed by atoms with E-state index in [9.17, 15) is 4.79 Å². The largest absolute Gasteiger partial charge is 0.492 e. The third kappa shape index (κ3) is 5.59. The van der Waals surface area contributed by atoms with Crippen molar-refractivity contribution in [2.24, 2.45) is 0 Å². The lowest BCUT2D eigenvalue weighted by atomic mass is 10.3. The summed E-state index contributed by atoms with van der Waals surface area (Å²) >= 11 is 1.27. The molecule has 1 N–H and O–H groups in total. The van der Waals surface area contributed by atoms with Gasteiger partial charge in [0, 0.05) is 25.0 Å². The minimum absolute atomic E-state index is 0.275. The van der Waals surface area contributed by atoms with Gasteiger partial charge in [0.05, 0.1) is 19.8 Å². The molecule has 0 spiro atoms. The highest BCUT2D eigenvalue weighted by Crippen LogP contribution is 2.29. The van der Waals surface area contributed by atoms with Crippen molar-refractivity contribution in [2.45, 2.75) is 19.8 Å². The first kappa shape index (κ1) is 15.9. The second-order valence-electron chi connectivity index (χ2n) is 3.87. The van der Waals surface area contributed by atoms with Crippen molar-refractivity contribution < 1.29 is 24.1 Å². The molecule has 0 aliphatic rings. The molecule has 1 aromatic heterocycles. The second-order valence-corrected chi connectivity index (χ2v) is 5.01. The average Bonchev–Trinajstić information content (AvgIpc) is 2.81. The summed E-state index contributed by atoms with van der Waals surface area (Å²) in [6.07, 6.45) is 1.54. The third-order valence-electron chi connectivity index (χ3n) is 2.41. The van der Waals surface area contributed by atoms with Crippen molar-refractivity contribution >= 4 is 17.3 Å². The summed E-state index contributed by atoms with van der Waals surface area (Å²) in [5.74, 6) is -0.470. The first-order chi connectivity index (χ1) is 9.19. The van der Waals surface area contributed by atoms with Crippen LogP contribution in [0.25, 0.3) is 0 Å². The van der Waals surface area contributed by atoms with E-state index in [0.717, 1.165) is 17.7 Å². The van der Waals surface area contributed by atoms with Gasteiger partial charge >= 0.3 is 5.97 Å². The van der Waals surface area contributed by atoms with Gasteiger partial charge in [0.2, 0.25) is 0 Å². The molecule has 1 heterocycles. The molecule has 0 fully saturated rings. The van der Waals surface area contributed by atoms with Gasteiger partial charge in [0.1, 0.15) is 5.75 Å². The van der Waals surface area contributed by atoms with E-state index in [0.29, 0.717) is 32.2 Å². The maximum absolute atomic E-state index is 11.0. The minimum atomic E-state index is -0.934. The predicted octanol–water partition coefficient (Wildman–Crippen LogP) is 2.44. The van der Waals surface area contributed by atoms with Gasteiger partial charge in [0.25, 0.3) is 0 Å². The third-order valence-corrected chi connectivity index (χ3v) is 3.66. The Kier molecular flexibility index (Phi) is 7.47. The highest BCUT2D eigenvalue weighted by Gasteiger charge is 2.15. The van der Waals surface area contributed by atoms with Crippen LogP contribution in [-0.4, -0.2) is 44.6 Å². The van der Waals surface area contributed by atoms with Crippen LogP contribution < -0.4 is 4.74 Å². The Morgan fingerprint density at radius 2 is 2.11 bits per heavy atom. The molecule has 0 atom stereocenters. The zero-order valence-electron chi connectivity index (χ0n) is 11.3. The van der Waals surface area contributed by atoms with Crippen molar-refractivity contribution in [1.82, 2.24) is 0 Å². The molecule has 0 aliphatic heterocycles. The Morgan fingerprint density at radius 1 is 1.32 bits per heavy atom. The molecule has 0 amide bonds. The van der Waals surface area contributed by atoms with Crippen molar-refractivity contribution in [2.75, 3.05) is 33.5 Å². The standard InChI is InChI=1S/C13H20O5S/c1-3-10-9-11(12(19-10)13(14)15)18-6-4-5-17-8-7-16-2/h9H,3-8H2,1-2H3,(H,14,15). The van der Waals surface area contributed by atoms with Gasteiger partial charge in [-0.15, -0.1) is 11.3 Å². The molecular weight excluding hydrogens is 268 g/mol. The molecule has 0 radical (unpaired) electrons. The number of carboxylic acids is 1. The molecule has 0 bridgehead atoms. The van der Waals surface area contributed by atoms with E-state index in [1.807, 2.05) is 6.92 Å². The number of hydrogen-bond donors (Lipinski definition) is 1. The van der Waals surface area contributed by atoms with Crippen LogP contribution in [0.3, 0.4) is 0 Å². The molecule has 1 rings (SSSR count). The summed E-state index contributed by atoms with van der Waals surface area (Å²) in [6.45, 7) is 4.16. The van der Waals surface area contributed by atoms with Crippen LogP contribution in [0.5, 0.6) is 5.75 Å². The van der Waals surface area contributed by atoms with E-state index in [1.165, 1.54) is 11.3 Å². The minimum Gasteiger partial charge on any atom is -0.492 e. The van der Waals surface area contributed by atoms with Gasteiger partial charge in [0.15, 0.2) is 4.88 Å². The summed E-state index contributed by atoms with van der Waals surface area (Å²) in [4.78, 5) is 12.3. The van der Waals surface area contributed by atoms with Crippen LogP contribution in [-0.2, 0) is 15.9 Å². The van der Waals surface area contributed by atoms with Crippen LogP contribution in [0.1, 0.15) is 27.9 Å².